The second kappa shape index (κ2) is 8.30. The summed E-state index contributed by atoms with van der Waals surface area (Å²) < 4.78 is 1.80. The highest BCUT2D eigenvalue weighted by atomic mass is 32.2. The molecule has 2 N–H and O–H groups in total. The number of rotatable bonds is 6. The van der Waals surface area contributed by atoms with E-state index in [9.17, 15) is 9.59 Å². The highest BCUT2D eigenvalue weighted by Gasteiger charge is 2.25. The summed E-state index contributed by atoms with van der Waals surface area (Å²) in [5.74, 6) is 0.562. The van der Waals surface area contributed by atoms with Crippen LogP contribution in [0.1, 0.15) is 13.8 Å². The van der Waals surface area contributed by atoms with Gasteiger partial charge in [0, 0.05) is 13.1 Å². The highest BCUT2D eigenvalue weighted by Crippen LogP contribution is 2.13. The number of aromatic nitrogens is 3. The molecule has 0 atom stereocenters. The van der Waals surface area contributed by atoms with Crippen LogP contribution in [0, 0.1) is 0 Å². The monoisotopic (exact) mass is 341 g/mol. The molecule has 0 saturated carbocycles. The number of carbonyl (C=O) groups excluding carboxylic acids is 2. The molecule has 0 unspecified atom stereocenters. The lowest BCUT2D eigenvalue weighted by Gasteiger charge is -2.32. The van der Waals surface area contributed by atoms with Crippen molar-refractivity contribution in [2.75, 3.05) is 38.5 Å². The summed E-state index contributed by atoms with van der Waals surface area (Å²) in [7, 11) is 1.86. The van der Waals surface area contributed by atoms with E-state index >= 15 is 0 Å². The zero-order valence-electron chi connectivity index (χ0n) is 13.9. The van der Waals surface area contributed by atoms with E-state index in [1.807, 2.05) is 25.8 Å². The quantitative estimate of drug-likeness (QED) is 0.594. The molecule has 128 valence electrons. The van der Waals surface area contributed by atoms with E-state index in [2.05, 4.69) is 15.5 Å². The number of nitrogens with one attached hydrogen (secondary N) is 2. The van der Waals surface area contributed by atoms with Crippen LogP contribution < -0.4 is 10.2 Å². The van der Waals surface area contributed by atoms with Gasteiger partial charge < -0.3 is 19.7 Å². The third-order valence-electron chi connectivity index (χ3n) is 3.68. The van der Waals surface area contributed by atoms with Crippen molar-refractivity contribution in [3.8, 4) is 0 Å². The number of piperazine rings is 1. The topological polar surface area (TPSA) is 84.6 Å². The Kier molecular flexibility index (Phi) is 6.40. The SMILES string of the molecule is CC(C)NC(=O)C[NH+]1CCN(C(=O)CSc2nncn2C)CC1. The van der Waals surface area contributed by atoms with E-state index in [1.54, 1.807) is 10.9 Å². The summed E-state index contributed by atoms with van der Waals surface area (Å²) in [5.41, 5.74) is 0. The molecule has 23 heavy (non-hydrogen) atoms. The van der Waals surface area contributed by atoms with Gasteiger partial charge in [-0.3, -0.25) is 9.59 Å². The van der Waals surface area contributed by atoms with Crippen LogP contribution >= 0.6 is 11.8 Å². The number of quaternary nitrogens is 1. The maximum absolute atomic E-state index is 12.2. The molecule has 0 aromatic carbocycles. The van der Waals surface area contributed by atoms with Gasteiger partial charge in [-0.15, -0.1) is 10.2 Å². The smallest absolute Gasteiger partial charge is 0.275 e. The Morgan fingerprint density at radius 2 is 2.09 bits per heavy atom. The van der Waals surface area contributed by atoms with Gasteiger partial charge in [0.1, 0.15) is 6.33 Å². The molecule has 1 aliphatic rings. The first kappa shape index (κ1) is 17.7. The van der Waals surface area contributed by atoms with E-state index in [1.165, 1.54) is 16.7 Å². The summed E-state index contributed by atoms with van der Waals surface area (Å²) >= 11 is 1.40. The van der Waals surface area contributed by atoms with Crippen LogP contribution in [-0.4, -0.2) is 76.0 Å². The lowest BCUT2D eigenvalue weighted by atomic mass is 10.3. The number of amides is 2. The number of hydrogen-bond acceptors (Lipinski definition) is 5. The summed E-state index contributed by atoms with van der Waals surface area (Å²) in [4.78, 5) is 27.1. The molecule has 1 fully saturated rings. The average Bonchev–Trinajstić information content (AvgIpc) is 2.90. The summed E-state index contributed by atoms with van der Waals surface area (Å²) in [6.45, 7) is 7.41. The maximum Gasteiger partial charge on any atom is 0.275 e. The molecule has 0 aliphatic carbocycles. The Hall–Kier alpha value is -1.61. The second-order valence-electron chi connectivity index (χ2n) is 6.04. The van der Waals surface area contributed by atoms with Crippen molar-refractivity contribution in [3.63, 3.8) is 0 Å². The van der Waals surface area contributed by atoms with Crippen molar-refractivity contribution in [2.24, 2.45) is 7.05 Å². The summed E-state index contributed by atoms with van der Waals surface area (Å²) in [5, 5.41) is 11.4. The first-order valence-corrected chi connectivity index (χ1v) is 8.81. The Morgan fingerprint density at radius 3 is 2.65 bits per heavy atom. The minimum Gasteiger partial charge on any atom is -0.349 e. The van der Waals surface area contributed by atoms with E-state index < -0.39 is 0 Å². The molecule has 2 heterocycles. The molecule has 8 nitrogen and oxygen atoms in total. The van der Waals surface area contributed by atoms with Crippen LogP contribution in [0.2, 0.25) is 0 Å². The van der Waals surface area contributed by atoms with Gasteiger partial charge in [-0.25, -0.2) is 0 Å². The Balaban J connectivity index is 1.70. The third-order valence-corrected chi connectivity index (χ3v) is 4.70. The number of carbonyl (C=O) groups is 2. The van der Waals surface area contributed by atoms with Gasteiger partial charge in [-0.05, 0) is 13.8 Å². The average molecular weight is 341 g/mol. The van der Waals surface area contributed by atoms with Crippen molar-refractivity contribution in [2.45, 2.75) is 25.0 Å². The number of nitrogens with zero attached hydrogens (tertiary/aromatic N) is 4. The molecule has 0 spiro atoms. The predicted octanol–water partition coefficient (Wildman–Crippen LogP) is -1.84. The zero-order valence-corrected chi connectivity index (χ0v) is 14.7. The van der Waals surface area contributed by atoms with Crippen LogP contribution in [-0.2, 0) is 16.6 Å². The predicted molar refractivity (Wildman–Crippen MR) is 87.1 cm³/mol. The number of thioether (sulfide) groups is 1. The molecule has 1 aromatic heterocycles. The molecule has 0 bridgehead atoms. The first-order valence-electron chi connectivity index (χ1n) is 7.83. The molecular formula is C14H25N6O2S+. The number of aryl methyl sites for hydroxylation is 1. The van der Waals surface area contributed by atoms with Gasteiger partial charge in [-0.2, -0.15) is 0 Å². The van der Waals surface area contributed by atoms with E-state index in [4.69, 9.17) is 0 Å². The molecular weight excluding hydrogens is 316 g/mol. The molecule has 1 aromatic rings. The first-order chi connectivity index (χ1) is 11.0. The Bertz CT molecular complexity index is 539. The molecule has 9 heteroatoms. The minimum atomic E-state index is 0.0765. The second-order valence-corrected chi connectivity index (χ2v) is 6.99. The maximum atomic E-state index is 12.2. The summed E-state index contributed by atoms with van der Waals surface area (Å²) in [6.07, 6.45) is 1.62. The van der Waals surface area contributed by atoms with Crippen molar-refractivity contribution < 1.29 is 14.5 Å². The molecule has 1 saturated heterocycles. The highest BCUT2D eigenvalue weighted by molar-refractivity contribution is 7.99. The Labute approximate surface area is 140 Å². The van der Waals surface area contributed by atoms with Crippen molar-refractivity contribution in [1.82, 2.24) is 25.0 Å². The standard InChI is InChI=1S/C14H24N6O2S/c1-11(2)16-12(21)8-19-4-6-20(7-5-19)13(22)9-23-14-17-15-10-18(14)3/h10-11H,4-9H2,1-3H3,(H,16,21)/p+1. The van der Waals surface area contributed by atoms with Crippen LogP contribution in [0.5, 0.6) is 0 Å². The van der Waals surface area contributed by atoms with Gasteiger partial charge in [-0.1, -0.05) is 11.8 Å². The molecule has 1 aliphatic heterocycles. The van der Waals surface area contributed by atoms with E-state index in [0.717, 1.165) is 18.2 Å². The van der Waals surface area contributed by atoms with Crippen LogP contribution in [0.25, 0.3) is 0 Å². The molecule has 0 radical (unpaired) electrons. The van der Waals surface area contributed by atoms with Gasteiger partial charge in [0.25, 0.3) is 5.91 Å². The number of hydrogen-bond donors (Lipinski definition) is 2. The van der Waals surface area contributed by atoms with E-state index in [0.29, 0.717) is 25.4 Å². The van der Waals surface area contributed by atoms with Gasteiger partial charge in [0.05, 0.1) is 31.9 Å². The fourth-order valence-electron chi connectivity index (χ4n) is 2.47. The lowest BCUT2D eigenvalue weighted by molar-refractivity contribution is -0.896. The van der Waals surface area contributed by atoms with Crippen LogP contribution in [0.4, 0.5) is 0 Å². The lowest BCUT2D eigenvalue weighted by Crippen LogP contribution is -3.16. The fraction of sp³-hybridized carbons (Fsp3) is 0.714. The zero-order chi connectivity index (χ0) is 16.8. The van der Waals surface area contributed by atoms with Gasteiger partial charge >= 0.3 is 0 Å². The normalized spacial score (nSPS) is 15.9. The van der Waals surface area contributed by atoms with Crippen molar-refractivity contribution in [3.05, 3.63) is 6.33 Å². The fourth-order valence-corrected chi connectivity index (χ4v) is 3.26. The van der Waals surface area contributed by atoms with Crippen LogP contribution in [0.15, 0.2) is 11.5 Å². The minimum absolute atomic E-state index is 0.0765. The van der Waals surface area contributed by atoms with Crippen molar-refractivity contribution in [1.29, 1.82) is 0 Å². The molecule has 2 amide bonds. The van der Waals surface area contributed by atoms with Crippen molar-refractivity contribution >= 4 is 23.6 Å². The largest absolute Gasteiger partial charge is 0.349 e. The van der Waals surface area contributed by atoms with Gasteiger partial charge in [0.15, 0.2) is 11.7 Å². The van der Waals surface area contributed by atoms with Crippen LogP contribution in [0.3, 0.4) is 0 Å². The van der Waals surface area contributed by atoms with E-state index in [-0.39, 0.29) is 17.9 Å². The third kappa shape index (κ3) is 5.51. The summed E-state index contributed by atoms with van der Waals surface area (Å²) in [6, 6.07) is 0.169. The Morgan fingerprint density at radius 1 is 1.39 bits per heavy atom. The van der Waals surface area contributed by atoms with Gasteiger partial charge in [0.2, 0.25) is 5.91 Å². The molecule has 2 rings (SSSR count).